The molecule has 0 aliphatic carbocycles. The highest BCUT2D eigenvalue weighted by Gasteiger charge is 2.29. The number of aromatic amines is 2. The van der Waals surface area contributed by atoms with Crippen molar-refractivity contribution in [1.29, 1.82) is 0 Å². The predicted molar refractivity (Wildman–Crippen MR) is 105 cm³/mol. The number of amides is 3. The summed E-state index contributed by atoms with van der Waals surface area (Å²) in [6, 6.07) is 10.0. The third kappa shape index (κ3) is 3.63. The average molecular weight is 393 g/mol. The summed E-state index contributed by atoms with van der Waals surface area (Å²) in [5, 5.41) is 7.79. The van der Waals surface area contributed by atoms with Crippen LogP contribution in [-0.4, -0.2) is 33.7 Å². The molecular weight excluding hydrogens is 378 g/mol. The molecule has 1 aromatic heterocycles. The molecule has 5 N–H and O–H groups in total. The Morgan fingerprint density at radius 3 is 2.45 bits per heavy atom. The van der Waals surface area contributed by atoms with Crippen LogP contribution in [0.3, 0.4) is 0 Å². The van der Waals surface area contributed by atoms with Gasteiger partial charge in [0.1, 0.15) is 6.04 Å². The molecule has 0 saturated heterocycles. The quantitative estimate of drug-likeness (QED) is 0.405. The molecule has 2 aromatic carbocycles. The van der Waals surface area contributed by atoms with Gasteiger partial charge in [0.05, 0.1) is 28.7 Å². The fraction of sp³-hybridized carbons (Fsp3) is 0.105. The molecule has 1 atom stereocenters. The highest BCUT2D eigenvalue weighted by Crippen LogP contribution is 2.19. The normalized spacial score (nSPS) is 15.8. The number of carbonyl (C=O) groups is 3. The van der Waals surface area contributed by atoms with Crippen molar-refractivity contribution in [3.63, 3.8) is 0 Å². The number of hydrogen-bond acceptors (Lipinski definition) is 5. The van der Waals surface area contributed by atoms with E-state index in [2.05, 4.69) is 25.9 Å². The first-order valence-electron chi connectivity index (χ1n) is 8.68. The monoisotopic (exact) mass is 393 g/mol. The van der Waals surface area contributed by atoms with Gasteiger partial charge in [-0.15, -0.1) is 0 Å². The van der Waals surface area contributed by atoms with E-state index in [9.17, 15) is 24.0 Å². The fourth-order valence-electron chi connectivity index (χ4n) is 3.05. The summed E-state index contributed by atoms with van der Waals surface area (Å²) >= 11 is 0. The summed E-state index contributed by atoms with van der Waals surface area (Å²) in [6.45, 7) is 0. The lowest BCUT2D eigenvalue weighted by atomic mass is 10.1. The number of fused-ring (bicyclic) bond motifs is 2. The molecule has 1 aliphatic rings. The van der Waals surface area contributed by atoms with E-state index in [1.54, 1.807) is 24.3 Å². The van der Waals surface area contributed by atoms with Crippen LogP contribution in [0, 0.1) is 0 Å². The van der Waals surface area contributed by atoms with E-state index >= 15 is 0 Å². The SMILES string of the molecule is O=C(CC1NC(=O)c2ccccc2NC1=O)Nc1ccc2[nH]c(=O)c(=O)[nH]c2c1. The summed E-state index contributed by atoms with van der Waals surface area (Å²) in [6.07, 6.45) is -0.286. The first-order chi connectivity index (χ1) is 13.9. The molecule has 0 bridgehead atoms. The van der Waals surface area contributed by atoms with E-state index in [0.717, 1.165) is 0 Å². The van der Waals surface area contributed by atoms with Gasteiger partial charge < -0.3 is 25.9 Å². The first-order valence-corrected chi connectivity index (χ1v) is 8.68. The largest absolute Gasteiger partial charge is 0.340 e. The van der Waals surface area contributed by atoms with Gasteiger partial charge in [-0.05, 0) is 30.3 Å². The van der Waals surface area contributed by atoms with Gasteiger partial charge in [0.15, 0.2) is 0 Å². The Kier molecular flexibility index (Phi) is 4.43. The minimum atomic E-state index is -1.05. The molecule has 0 spiro atoms. The van der Waals surface area contributed by atoms with Gasteiger partial charge in [-0.2, -0.15) is 0 Å². The minimum Gasteiger partial charge on any atom is -0.340 e. The van der Waals surface area contributed by atoms with Crippen LogP contribution in [0.2, 0.25) is 0 Å². The van der Waals surface area contributed by atoms with E-state index in [-0.39, 0.29) is 6.42 Å². The molecule has 10 heteroatoms. The lowest BCUT2D eigenvalue weighted by molar-refractivity contribution is -0.122. The molecule has 3 amide bonds. The summed E-state index contributed by atoms with van der Waals surface area (Å²) in [5.74, 6) is -1.47. The van der Waals surface area contributed by atoms with Crippen molar-refractivity contribution in [2.75, 3.05) is 10.6 Å². The minimum absolute atomic E-state index is 0.286. The predicted octanol–water partition coefficient (Wildman–Crippen LogP) is 0.296. The summed E-state index contributed by atoms with van der Waals surface area (Å²) in [4.78, 5) is 64.7. The smallest absolute Gasteiger partial charge is 0.314 e. The van der Waals surface area contributed by atoms with Crippen molar-refractivity contribution in [3.8, 4) is 0 Å². The molecule has 29 heavy (non-hydrogen) atoms. The van der Waals surface area contributed by atoms with Gasteiger partial charge in [-0.3, -0.25) is 24.0 Å². The van der Waals surface area contributed by atoms with Gasteiger partial charge in [0.2, 0.25) is 11.8 Å². The third-order valence-electron chi connectivity index (χ3n) is 4.45. The van der Waals surface area contributed by atoms with E-state index < -0.39 is 34.9 Å². The van der Waals surface area contributed by atoms with Gasteiger partial charge in [-0.1, -0.05) is 12.1 Å². The number of para-hydroxylation sites is 1. The summed E-state index contributed by atoms with van der Waals surface area (Å²) in [7, 11) is 0. The van der Waals surface area contributed by atoms with Crippen molar-refractivity contribution in [3.05, 3.63) is 68.7 Å². The van der Waals surface area contributed by atoms with Crippen LogP contribution in [0.5, 0.6) is 0 Å². The van der Waals surface area contributed by atoms with Crippen LogP contribution in [0.4, 0.5) is 11.4 Å². The molecule has 1 unspecified atom stereocenters. The molecule has 1 aliphatic heterocycles. The lowest BCUT2D eigenvalue weighted by Crippen LogP contribution is -2.43. The second-order valence-corrected chi connectivity index (χ2v) is 6.48. The number of anilines is 2. The highest BCUT2D eigenvalue weighted by atomic mass is 16.2. The number of aromatic nitrogens is 2. The molecular formula is C19H15N5O5. The number of nitrogens with one attached hydrogen (secondary N) is 5. The highest BCUT2D eigenvalue weighted by molar-refractivity contribution is 6.11. The Hall–Kier alpha value is -4.21. The number of benzene rings is 2. The topological polar surface area (TPSA) is 153 Å². The Balaban J connectivity index is 1.50. The molecule has 0 fully saturated rings. The van der Waals surface area contributed by atoms with E-state index in [1.165, 1.54) is 18.2 Å². The molecule has 0 saturated carbocycles. The number of rotatable bonds is 3. The van der Waals surface area contributed by atoms with E-state index in [0.29, 0.717) is 28.0 Å². The zero-order valence-electron chi connectivity index (χ0n) is 14.9. The van der Waals surface area contributed by atoms with Crippen LogP contribution in [0.25, 0.3) is 11.0 Å². The van der Waals surface area contributed by atoms with Gasteiger partial charge >= 0.3 is 11.1 Å². The van der Waals surface area contributed by atoms with Crippen molar-refractivity contribution in [2.45, 2.75) is 12.5 Å². The van der Waals surface area contributed by atoms with E-state index in [4.69, 9.17) is 0 Å². The van der Waals surface area contributed by atoms with E-state index in [1.807, 2.05) is 0 Å². The molecule has 146 valence electrons. The Morgan fingerprint density at radius 1 is 0.931 bits per heavy atom. The second kappa shape index (κ2) is 7.08. The van der Waals surface area contributed by atoms with Gasteiger partial charge in [-0.25, -0.2) is 0 Å². The summed E-state index contributed by atoms with van der Waals surface area (Å²) < 4.78 is 0. The molecule has 2 heterocycles. The maximum Gasteiger partial charge on any atom is 0.314 e. The lowest BCUT2D eigenvalue weighted by Gasteiger charge is -2.14. The Bertz CT molecular complexity index is 1280. The molecule has 3 aromatic rings. The number of hydrogen-bond donors (Lipinski definition) is 5. The number of carbonyl (C=O) groups excluding carboxylic acids is 3. The second-order valence-electron chi connectivity index (χ2n) is 6.48. The standard InChI is InChI=1S/C19H15N5O5/c25-15(20-9-5-6-12-13(7-9)23-19(29)18(28)22-12)8-14-17(27)21-11-4-2-1-3-10(11)16(26)24-14/h1-7,14H,8H2,(H,20,25)(H,21,27)(H,22,28)(H,23,29)(H,24,26). The third-order valence-corrected chi connectivity index (χ3v) is 4.45. The van der Waals surface area contributed by atoms with Crippen molar-refractivity contribution >= 4 is 40.1 Å². The number of H-pyrrole nitrogens is 2. The maximum atomic E-state index is 12.4. The van der Waals surface area contributed by atoms with Crippen molar-refractivity contribution in [2.24, 2.45) is 0 Å². The Morgan fingerprint density at radius 2 is 1.66 bits per heavy atom. The van der Waals surface area contributed by atoms with Gasteiger partial charge in [0.25, 0.3) is 5.91 Å². The zero-order valence-corrected chi connectivity index (χ0v) is 14.9. The Labute approximate surface area is 162 Å². The fourth-order valence-corrected chi connectivity index (χ4v) is 3.05. The molecule has 4 rings (SSSR count). The molecule has 10 nitrogen and oxygen atoms in total. The average Bonchev–Trinajstić information content (AvgIpc) is 2.79. The van der Waals surface area contributed by atoms with Crippen molar-refractivity contribution in [1.82, 2.24) is 15.3 Å². The molecule has 0 radical (unpaired) electrons. The van der Waals surface area contributed by atoms with Crippen LogP contribution in [0.1, 0.15) is 16.8 Å². The maximum absolute atomic E-state index is 12.4. The van der Waals surface area contributed by atoms with Crippen LogP contribution < -0.4 is 27.1 Å². The first kappa shape index (κ1) is 18.2. The van der Waals surface area contributed by atoms with Gasteiger partial charge in [0, 0.05) is 5.69 Å². The summed E-state index contributed by atoms with van der Waals surface area (Å²) in [5.41, 5.74) is 0.211. The zero-order chi connectivity index (χ0) is 20.5. The van der Waals surface area contributed by atoms with Crippen molar-refractivity contribution < 1.29 is 14.4 Å². The van der Waals surface area contributed by atoms with Crippen LogP contribution >= 0.6 is 0 Å². The van der Waals surface area contributed by atoms with Crippen LogP contribution in [-0.2, 0) is 9.59 Å². The van der Waals surface area contributed by atoms with Crippen LogP contribution in [0.15, 0.2) is 52.1 Å².